The van der Waals surface area contributed by atoms with Gasteiger partial charge in [-0.3, -0.25) is 19.7 Å². The number of rotatable bonds is 6. The second kappa shape index (κ2) is 9.29. The molecular weight excluding hydrogens is 461 g/mol. The van der Waals surface area contributed by atoms with Gasteiger partial charge in [0, 0.05) is 5.02 Å². The summed E-state index contributed by atoms with van der Waals surface area (Å²) in [5.74, 6) is -2.21. The van der Waals surface area contributed by atoms with Crippen LogP contribution in [-0.2, 0) is 14.4 Å². The predicted octanol–water partition coefficient (Wildman–Crippen LogP) is 2.84. The molecule has 0 aliphatic carbocycles. The molecule has 0 radical (unpaired) electrons. The fourth-order valence-electron chi connectivity index (χ4n) is 2.99. The second-order valence-electron chi connectivity index (χ2n) is 6.63. The minimum Gasteiger partial charge on any atom is -0.493 e. The molecule has 0 aromatic heterocycles. The molecular formula is C21H17Cl2N3O6. The van der Waals surface area contributed by atoms with E-state index in [9.17, 15) is 19.2 Å². The van der Waals surface area contributed by atoms with E-state index in [1.165, 1.54) is 31.4 Å². The lowest BCUT2D eigenvalue weighted by Crippen LogP contribution is -2.54. The molecule has 1 aliphatic rings. The summed E-state index contributed by atoms with van der Waals surface area (Å²) in [6.07, 6.45) is 1.25. The Morgan fingerprint density at radius 3 is 2.56 bits per heavy atom. The van der Waals surface area contributed by atoms with Crippen LogP contribution in [0.15, 0.2) is 35.9 Å². The SMILES string of the molecule is COc1cc(/C=C2\C(=O)NC(=O)N(c3cccc(Cl)c3C)C2=O)cc(Cl)c1OCC(N)=O. The highest BCUT2D eigenvalue weighted by Crippen LogP contribution is 2.37. The molecule has 2 aromatic rings. The van der Waals surface area contributed by atoms with E-state index in [-0.39, 0.29) is 27.8 Å². The molecule has 11 heteroatoms. The summed E-state index contributed by atoms with van der Waals surface area (Å²) in [6, 6.07) is 6.69. The fraction of sp³-hybridized carbons (Fsp3) is 0.143. The van der Waals surface area contributed by atoms with Crippen LogP contribution in [0, 0.1) is 6.92 Å². The molecule has 0 saturated carbocycles. The van der Waals surface area contributed by atoms with Gasteiger partial charge in [0.25, 0.3) is 17.7 Å². The first-order chi connectivity index (χ1) is 15.1. The topological polar surface area (TPSA) is 128 Å². The van der Waals surface area contributed by atoms with Gasteiger partial charge in [0.2, 0.25) is 0 Å². The van der Waals surface area contributed by atoms with Crippen LogP contribution in [0.1, 0.15) is 11.1 Å². The van der Waals surface area contributed by atoms with Gasteiger partial charge in [-0.2, -0.15) is 0 Å². The number of imide groups is 2. The van der Waals surface area contributed by atoms with Crippen LogP contribution in [0.5, 0.6) is 11.5 Å². The maximum atomic E-state index is 13.1. The first-order valence-electron chi connectivity index (χ1n) is 9.09. The van der Waals surface area contributed by atoms with Crippen LogP contribution in [0.2, 0.25) is 10.0 Å². The number of nitrogens with zero attached hydrogens (tertiary/aromatic N) is 1. The van der Waals surface area contributed by atoms with Gasteiger partial charge in [0.1, 0.15) is 5.57 Å². The molecule has 0 atom stereocenters. The molecule has 5 amide bonds. The smallest absolute Gasteiger partial charge is 0.335 e. The Morgan fingerprint density at radius 1 is 1.19 bits per heavy atom. The molecule has 32 heavy (non-hydrogen) atoms. The number of nitrogens with two attached hydrogens (primary N) is 1. The van der Waals surface area contributed by atoms with Crippen molar-refractivity contribution in [1.82, 2.24) is 5.32 Å². The third-order valence-electron chi connectivity index (χ3n) is 4.50. The zero-order valence-electron chi connectivity index (χ0n) is 16.9. The Kier molecular flexibility index (Phi) is 6.71. The standard InChI is InChI=1S/C21H17Cl2N3O6/c1-10-13(22)4-3-5-15(10)26-20(29)12(19(28)25-21(26)30)6-11-7-14(23)18(16(8-11)31-2)32-9-17(24)27/h3-8H,9H2,1-2H3,(H2,24,27)(H,25,28,30)/b12-6+. The van der Waals surface area contributed by atoms with Crippen LogP contribution in [0.3, 0.4) is 0 Å². The summed E-state index contributed by atoms with van der Waals surface area (Å²) in [7, 11) is 1.35. The summed E-state index contributed by atoms with van der Waals surface area (Å²) < 4.78 is 10.5. The first kappa shape index (κ1) is 23.1. The van der Waals surface area contributed by atoms with Gasteiger partial charge in [0.15, 0.2) is 18.1 Å². The molecule has 1 heterocycles. The molecule has 2 aromatic carbocycles. The van der Waals surface area contributed by atoms with Crippen LogP contribution < -0.4 is 25.4 Å². The Hall–Kier alpha value is -3.56. The number of ether oxygens (including phenoxy) is 2. The summed E-state index contributed by atoms with van der Waals surface area (Å²) in [6.45, 7) is 1.22. The van der Waals surface area contributed by atoms with Crippen molar-refractivity contribution in [2.75, 3.05) is 18.6 Å². The fourth-order valence-corrected chi connectivity index (χ4v) is 3.43. The number of amides is 5. The normalized spacial score (nSPS) is 15.1. The lowest BCUT2D eigenvalue weighted by Gasteiger charge is -2.27. The summed E-state index contributed by atoms with van der Waals surface area (Å²) in [4.78, 5) is 49.7. The molecule has 1 fully saturated rings. The minimum absolute atomic E-state index is 0.0553. The Labute approximate surface area is 192 Å². The zero-order chi connectivity index (χ0) is 23.6. The first-order valence-corrected chi connectivity index (χ1v) is 9.84. The summed E-state index contributed by atoms with van der Waals surface area (Å²) in [5, 5.41) is 2.55. The molecule has 1 saturated heterocycles. The second-order valence-corrected chi connectivity index (χ2v) is 7.45. The number of nitrogens with one attached hydrogen (secondary N) is 1. The number of hydrogen-bond acceptors (Lipinski definition) is 6. The Bertz CT molecular complexity index is 1180. The van der Waals surface area contributed by atoms with Crippen LogP contribution in [0.4, 0.5) is 10.5 Å². The molecule has 3 N–H and O–H groups in total. The quantitative estimate of drug-likeness (QED) is 0.486. The van der Waals surface area contributed by atoms with Crippen molar-refractivity contribution in [3.05, 3.63) is 57.1 Å². The van der Waals surface area contributed by atoms with E-state index < -0.39 is 30.4 Å². The van der Waals surface area contributed by atoms with Gasteiger partial charge in [-0.1, -0.05) is 29.3 Å². The van der Waals surface area contributed by atoms with Crippen LogP contribution in [0.25, 0.3) is 6.08 Å². The molecule has 166 valence electrons. The highest BCUT2D eigenvalue weighted by Gasteiger charge is 2.37. The maximum Gasteiger partial charge on any atom is 0.335 e. The van der Waals surface area contributed by atoms with Gasteiger partial charge >= 0.3 is 6.03 Å². The highest BCUT2D eigenvalue weighted by atomic mass is 35.5. The van der Waals surface area contributed by atoms with Crippen LogP contribution in [-0.4, -0.2) is 37.5 Å². The van der Waals surface area contributed by atoms with Crippen molar-refractivity contribution < 1.29 is 28.7 Å². The van der Waals surface area contributed by atoms with Gasteiger partial charge in [-0.05, 0) is 48.4 Å². The Morgan fingerprint density at radius 2 is 1.91 bits per heavy atom. The van der Waals surface area contributed by atoms with E-state index >= 15 is 0 Å². The summed E-state index contributed by atoms with van der Waals surface area (Å²) >= 11 is 12.3. The number of urea groups is 1. The average Bonchev–Trinajstić information content (AvgIpc) is 2.72. The molecule has 3 rings (SSSR count). The summed E-state index contributed by atoms with van der Waals surface area (Å²) in [5.41, 5.74) is 5.81. The predicted molar refractivity (Wildman–Crippen MR) is 118 cm³/mol. The number of primary amides is 1. The van der Waals surface area contributed by atoms with Gasteiger partial charge in [-0.15, -0.1) is 0 Å². The number of anilines is 1. The highest BCUT2D eigenvalue weighted by molar-refractivity contribution is 6.40. The van der Waals surface area contributed by atoms with E-state index in [0.29, 0.717) is 16.1 Å². The number of carbonyl (C=O) groups excluding carboxylic acids is 4. The largest absolute Gasteiger partial charge is 0.493 e. The minimum atomic E-state index is -0.895. The Balaban J connectivity index is 2.03. The van der Waals surface area contributed by atoms with Crippen molar-refractivity contribution in [3.8, 4) is 11.5 Å². The third kappa shape index (κ3) is 4.53. The molecule has 1 aliphatic heterocycles. The van der Waals surface area contributed by atoms with E-state index in [4.69, 9.17) is 38.4 Å². The molecule has 0 unspecified atom stereocenters. The number of barbiturate groups is 1. The van der Waals surface area contributed by atoms with E-state index in [1.54, 1.807) is 19.1 Å². The number of benzene rings is 2. The van der Waals surface area contributed by atoms with E-state index in [1.807, 2.05) is 0 Å². The number of carbonyl (C=O) groups is 4. The zero-order valence-corrected chi connectivity index (χ0v) is 18.4. The molecule has 0 spiro atoms. The van der Waals surface area contributed by atoms with Gasteiger partial charge in [-0.25, -0.2) is 9.69 Å². The van der Waals surface area contributed by atoms with Gasteiger partial charge < -0.3 is 15.2 Å². The van der Waals surface area contributed by atoms with Crippen molar-refractivity contribution in [3.63, 3.8) is 0 Å². The maximum absolute atomic E-state index is 13.1. The van der Waals surface area contributed by atoms with Gasteiger partial charge in [0.05, 0.1) is 17.8 Å². The van der Waals surface area contributed by atoms with Crippen molar-refractivity contribution in [2.24, 2.45) is 5.73 Å². The van der Waals surface area contributed by atoms with Crippen molar-refractivity contribution in [1.29, 1.82) is 0 Å². The molecule has 0 bridgehead atoms. The number of hydrogen-bond donors (Lipinski definition) is 2. The monoisotopic (exact) mass is 477 g/mol. The lowest BCUT2D eigenvalue weighted by molar-refractivity contribution is -0.123. The van der Waals surface area contributed by atoms with Crippen LogP contribution >= 0.6 is 23.2 Å². The molecule has 9 nitrogen and oxygen atoms in total. The van der Waals surface area contributed by atoms with Crippen molar-refractivity contribution in [2.45, 2.75) is 6.92 Å². The van der Waals surface area contributed by atoms with E-state index in [2.05, 4.69) is 5.32 Å². The number of halogens is 2. The van der Waals surface area contributed by atoms with Crippen molar-refractivity contribution >= 4 is 58.7 Å². The lowest BCUT2D eigenvalue weighted by atomic mass is 10.1. The number of methoxy groups -OCH3 is 1. The third-order valence-corrected chi connectivity index (χ3v) is 5.19. The van der Waals surface area contributed by atoms with E-state index in [0.717, 1.165) is 4.90 Å². The average molecular weight is 478 g/mol.